The lowest BCUT2D eigenvalue weighted by Crippen LogP contribution is -2.47. The Morgan fingerprint density at radius 3 is 2.57 bits per heavy atom. The van der Waals surface area contributed by atoms with Gasteiger partial charge in [-0.15, -0.1) is 0 Å². The molecule has 0 atom stereocenters. The molecule has 0 aromatic heterocycles. The maximum Gasteiger partial charge on any atom is 0.191 e. The molecule has 0 aliphatic rings. The van der Waals surface area contributed by atoms with Gasteiger partial charge in [0.2, 0.25) is 0 Å². The number of benzene rings is 1. The molecule has 0 fully saturated rings. The fourth-order valence-corrected chi connectivity index (χ4v) is 1.98. The summed E-state index contributed by atoms with van der Waals surface area (Å²) in [5.74, 6) is 1.81. The Balaban J connectivity index is 2.65. The largest absolute Gasteiger partial charge is 0.496 e. The van der Waals surface area contributed by atoms with E-state index >= 15 is 0 Å². The summed E-state index contributed by atoms with van der Waals surface area (Å²) in [6, 6.07) is 6.32. The summed E-state index contributed by atoms with van der Waals surface area (Å²) in [4.78, 5) is 4.63. The topological polar surface area (TPSA) is 45.7 Å². The molecule has 0 radical (unpaired) electrons. The minimum Gasteiger partial charge on any atom is -0.496 e. The standard InChI is InChI=1S/C17H29N3O/c1-7-18-16(20-17(3,4)5)19-11-10-14-9-8-13(2)15(12-14)21-6/h8-9,12H,7,10-11H2,1-6H3,(H2,18,19,20). The smallest absolute Gasteiger partial charge is 0.191 e. The van der Waals surface area contributed by atoms with E-state index in [4.69, 9.17) is 4.74 Å². The maximum atomic E-state index is 5.36. The number of hydrogen-bond donors (Lipinski definition) is 2. The highest BCUT2D eigenvalue weighted by atomic mass is 16.5. The van der Waals surface area contributed by atoms with Crippen molar-refractivity contribution < 1.29 is 4.74 Å². The molecule has 0 saturated heterocycles. The summed E-state index contributed by atoms with van der Waals surface area (Å²) in [5, 5.41) is 6.66. The van der Waals surface area contributed by atoms with Gasteiger partial charge in [0.1, 0.15) is 5.75 Å². The van der Waals surface area contributed by atoms with Gasteiger partial charge in [-0.25, -0.2) is 0 Å². The minimum atomic E-state index is 0.00802. The number of nitrogens with one attached hydrogen (secondary N) is 2. The number of nitrogens with zero attached hydrogens (tertiary/aromatic N) is 1. The van der Waals surface area contributed by atoms with Crippen LogP contribution in [0.25, 0.3) is 0 Å². The summed E-state index contributed by atoms with van der Waals surface area (Å²) in [7, 11) is 1.71. The summed E-state index contributed by atoms with van der Waals surface area (Å²) >= 11 is 0. The van der Waals surface area contributed by atoms with Crippen LogP contribution in [0.1, 0.15) is 38.8 Å². The van der Waals surface area contributed by atoms with E-state index in [1.165, 1.54) is 5.56 Å². The number of methoxy groups -OCH3 is 1. The van der Waals surface area contributed by atoms with Crippen molar-refractivity contribution in [3.63, 3.8) is 0 Å². The number of aliphatic imine (C=N–C) groups is 1. The Labute approximate surface area is 129 Å². The second-order valence-electron chi connectivity index (χ2n) is 6.19. The number of ether oxygens (including phenoxy) is 1. The van der Waals surface area contributed by atoms with Crippen LogP contribution in [0.2, 0.25) is 0 Å². The molecule has 0 bridgehead atoms. The average molecular weight is 291 g/mol. The van der Waals surface area contributed by atoms with Crippen LogP contribution in [0.3, 0.4) is 0 Å². The van der Waals surface area contributed by atoms with E-state index in [2.05, 4.69) is 68.4 Å². The fraction of sp³-hybridized carbons (Fsp3) is 0.588. The van der Waals surface area contributed by atoms with Crippen LogP contribution >= 0.6 is 0 Å². The highest BCUT2D eigenvalue weighted by Gasteiger charge is 2.11. The fourth-order valence-electron chi connectivity index (χ4n) is 1.98. The lowest BCUT2D eigenvalue weighted by Gasteiger charge is -2.23. The molecule has 0 heterocycles. The van der Waals surface area contributed by atoms with Crippen LogP contribution in [0, 0.1) is 6.92 Å². The third-order valence-electron chi connectivity index (χ3n) is 2.98. The van der Waals surface area contributed by atoms with Gasteiger partial charge in [0.25, 0.3) is 0 Å². The lowest BCUT2D eigenvalue weighted by molar-refractivity contribution is 0.411. The van der Waals surface area contributed by atoms with Gasteiger partial charge in [-0.2, -0.15) is 0 Å². The number of guanidine groups is 1. The summed E-state index contributed by atoms with van der Waals surface area (Å²) in [5.41, 5.74) is 2.41. The molecule has 0 aliphatic carbocycles. The molecule has 0 saturated carbocycles. The Hall–Kier alpha value is -1.71. The zero-order chi connectivity index (χ0) is 15.9. The van der Waals surface area contributed by atoms with Crippen LogP contribution in [0.15, 0.2) is 23.2 Å². The highest BCUT2D eigenvalue weighted by molar-refractivity contribution is 5.80. The molecule has 1 aromatic rings. The van der Waals surface area contributed by atoms with Crippen molar-refractivity contribution in [2.24, 2.45) is 4.99 Å². The summed E-state index contributed by atoms with van der Waals surface area (Å²) < 4.78 is 5.36. The molecule has 21 heavy (non-hydrogen) atoms. The van der Waals surface area contributed by atoms with E-state index < -0.39 is 0 Å². The molecule has 0 aliphatic heterocycles. The summed E-state index contributed by atoms with van der Waals surface area (Å²) in [6.45, 7) is 12.1. The molecule has 4 heteroatoms. The van der Waals surface area contributed by atoms with Gasteiger partial charge in [-0.1, -0.05) is 12.1 Å². The first kappa shape index (κ1) is 17.3. The first-order chi connectivity index (χ1) is 9.85. The van der Waals surface area contributed by atoms with E-state index in [1.54, 1.807) is 7.11 Å². The zero-order valence-corrected chi connectivity index (χ0v) is 14.2. The molecule has 0 amide bonds. The van der Waals surface area contributed by atoms with Crippen LogP contribution in [-0.2, 0) is 6.42 Å². The monoisotopic (exact) mass is 291 g/mol. The first-order valence-electron chi connectivity index (χ1n) is 7.55. The van der Waals surface area contributed by atoms with Crippen LogP contribution < -0.4 is 15.4 Å². The van der Waals surface area contributed by atoms with E-state index in [1.807, 2.05) is 0 Å². The van der Waals surface area contributed by atoms with Gasteiger partial charge in [0.15, 0.2) is 5.96 Å². The zero-order valence-electron chi connectivity index (χ0n) is 14.2. The van der Waals surface area contributed by atoms with E-state index in [0.717, 1.165) is 36.8 Å². The van der Waals surface area contributed by atoms with Crippen molar-refractivity contribution in [3.05, 3.63) is 29.3 Å². The third kappa shape index (κ3) is 6.52. The second-order valence-corrected chi connectivity index (χ2v) is 6.19. The molecule has 4 nitrogen and oxygen atoms in total. The van der Waals surface area contributed by atoms with Crippen molar-refractivity contribution in [1.82, 2.24) is 10.6 Å². The highest BCUT2D eigenvalue weighted by Crippen LogP contribution is 2.19. The molecule has 0 unspecified atom stereocenters. The molecule has 1 aromatic carbocycles. The van der Waals surface area contributed by atoms with Crippen molar-refractivity contribution in [2.75, 3.05) is 20.2 Å². The molecule has 0 spiro atoms. The summed E-state index contributed by atoms with van der Waals surface area (Å²) in [6.07, 6.45) is 0.900. The van der Waals surface area contributed by atoms with Gasteiger partial charge >= 0.3 is 0 Å². The first-order valence-corrected chi connectivity index (χ1v) is 7.55. The van der Waals surface area contributed by atoms with E-state index in [-0.39, 0.29) is 5.54 Å². The number of aryl methyl sites for hydroxylation is 1. The molecule has 2 N–H and O–H groups in total. The SMILES string of the molecule is CCNC(=NCCc1ccc(C)c(OC)c1)NC(C)(C)C. The van der Waals surface area contributed by atoms with Gasteiger partial charge in [0, 0.05) is 18.6 Å². The van der Waals surface area contributed by atoms with Crippen LogP contribution in [0.5, 0.6) is 5.75 Å². The van der Waals surface area contributed by atoms with E-state index in [9.17, 15) is 0 Å². The molecule has 1 rings (SSSR count). The number of rotatable bonds is 5. The average Bonchev–Trinajstić information content (AvgIpc) is 2.39. The van der Waals surface area contributed by atoms with Crippen molar-refractivity contribution in [2.45, 2.75) is 46.6 Å². The predicted octanol–water partition coefficient (Wildman–Crippen LogP) is 2.90. The Morgan fingerprint density at radius 2 is 2.00 bits per heavy atom. The van der Waals surface area contributed by atoms with Crippen LogP contribution in [-0.4, -0.2) is 31.7 Å². The van der Waals surface area contributed by atoms with Gasteiger partial charge in [-0.05, 0) is 58.2 Å². The predicted molar refractivity (Wildman–Crippen MR) is 90.3 cm³/mol. The number of hydrogen-bond acceptors (Lipinski definition) is 2. The van der Waals surface area contributed by atoms with Crippen molar-refractivity contribution in [3.8, 4) is 5.75 Å². The normalized spacial score (nSPS) is 12.2. The lowest BCUT2D eigenvalue weighted by atomic mass is 10.1. The Morgan fingerprint density at radius 1 is 1.29 bits per heavy atom. The quantitative estimate of drug-likeness (QED) is 0.648. The Kier molecular flexibility index (Phi) is 6.53. The third-order valence-corrected chi connectivity index (χ3v) is 2.98. The maximum absolute atomic E-state index is 5.36. The molecular formula is C17H29N3O. The van der Waals surface area contributed by atoms with Crippen LogP contribution in [0.4, 0.5) is 0 Å². The van der Waals surface area contributed by atoms with Gasteiger partial charge in [-0.3, -0.25) is 4.99 Å². The minimum absolute atomic E-state index is 0.00802. The Bertz CT molecular complexity index is 475. The second kappa shape index (κ2) is 7.91. The molecule has 118 valence electrons. The van der Waals surface area contributed by atoms with Crippen molar-refractivity contribution in [1.29, 1.82) is 0 Å². The van der Waals surface area contributed by atoms with Crippen molar-refractivity contribution >= 4 is 5.96 Å². The van der Waals surface area contributed by atoms with E-state index in [0.29, 0.717) is 0 Å². The van der Waals surface area contributed by atoms with Gasteiger partial charge < -0.3 is 15.4 Å². The van der Waals surface area contributed by atoms with Gasteiger partial charge in [0.05, 0.1) is 7.11 Å². The molecular weight excluding hydrogens is 262 g/mol.